The molecule has 1 saturated heterocycles. The zero-order chi connectivity index (χ0) is 23.9. The van der Waals surface area contributed by atoms with Crippen molar-refractivity contribution >= 4 is 46.0 Å². The van der Waals surface area contributed by atoms with Crippen molar-refractivity contribution in [2.45, 2.75) is 24.0 Å². The van der Waals surface area contributed by atoms with Gasteiger partial charge < -0.3 is 14.6 Å². The first-order chi connectivity index (χ1) is 16.3. The number of anilines is 1. The second-order valence-corrected chi connectivity index (χ2v) is 9.93. The molecular formula is C22H26B3N7O2. The molecule has 34 heavy (non-hydrogen) atoms. The smallest absolute Gasteiger partial charge is 0.278 e. The van der Waals surface area contributed by atoms with Crippen LogP contribution in [0.1, 0.15) is 35.1 Å². The summed E-state index contributed by atoms with van der Waals surface area (Å²) in [5.41, 5.74) is 2.01. The Hall–Kier alpha value is -3.40. The van der Waals surface area contributed by atoms with Gasteiger partial charge in [0.25, 0.3) is 5.91 Å². The van der Waals surface area contributed by atoms with Crippen molar-refractivity contribution in [2.75, 3.05) is 25.5 Å². The Morgan fingerprint density at radius 1 is 1.12 bits per heavy atom. The first kappa shape index (κ1) is 22.4. The van der Waals surface area contributed by atoms with Crippen molar-refractivity contribution in [3.8, 4) is 11.3 Å². The predicted octanol–water partition coefficient (Wildman–Crippen LogP) is 0.00990. The molecule has 1 amide bonds. The van der Waals surface area contributed by atoms with Gasteiger partial charge in [-0.25, -0.2) is 9.97 Å². The van der Waals surface area contributed by atoms with Gasteiger partial charge >= 0.3 is 0 Å². The molecule has 9 nitrogen and oxygen atoms in total. The Labute approximate surface area is 200 Å². The fourth-order valence-electron chi connectivity index (χ4n) is 4.10. The number of carbonyl (C=O) groups is 1. The molecule has 0 aromatic carbocycles. The molecule has 0 unspecified atom stereocenters. The molecule has 1 aliphatic heterocycles. The normalized spacial score (nSPS) is 15.6. The summed E-state index contributed by atoms with van der Waals surface area (Å²) in [7, 11) is 8.41. The SMILES string of the molecule is BC(B)(B)n1cc(-c2cc3cc(NC(=O)c4coc(C5CCN(C)CC5)n4)ncc3cn2)cn1. The van der Waals surface area contributed by atoms with Crippen LogP contribution in [-0.2, 0) is 5.24 Å². The highest BCUT2D eigenvalue weighted by Gasteiger charge is 2.24. The third-order valence-electron chi connectivity index (χ3n) is 6.23. The third kappa shape index (κ3) is 4.63. The van der Waals surface area contributed by atoms with Gasteiger partial charge in [0.15, 0.2) is 11.6 Å². The maximum absolute atomic E-state index is 12.8. The zero-order valence-electron chi connectivity index (χ0n) is 19.9. The number of rotatable bonds is 5. The molecule has 5 heterocycles. The molecular weight excluding hydrogens is 427 g/mol. The Bertz CT molecular complexity index is 1340. The summed E-state index contributed by atoms with van der Waals surface area (Å²) in [6, 6.07) is 3.82. The van der Waals surface area contributed by atoms with Crippen molar-refractivity contribution in [3.05, 3.63) is 54.8 Å². The number of oxazole rings is 1. The molecule has 4 aromatic heterocycles. The van der Waals surface area contributed by atoms with Gasteiger partial charge in [-0.1, -0.05) is 0 Å². The Kier molecular flexibility index (Phi) is 5.77. The maximum atomic E-state index is 12.8. The molecule has 0 radical (unpaired) electrons. The monoisotopic (exact) mass is 453 g/mol. The first-order valence-corrected chi connectivity index (χ1v) is 11.5. The Morgan fingerprint density at radius 2 is 1.88 bits per heavy atom. The lowest BCUT2D eigenvalue weighted by molar-refractivity contribution is 0.102. The molecule has 0 aliphatic carbocycles. The van der Waals surface area contributed by atoms with Crippen LogP contribution in [0.4, 0.5) is 5.82 Å². The average molecular weight is 453 g/mol. The van der Waals surface area contributed by atoms with Crippen molar-refractivity contribution in [2.24, 2.45) is 0 Å². The minimum Gasteiger partial charge on any atom is -0.448 e. The maximum Gasteiger partial charge on any atom is 0.278 e. The number of fused-ring (bicyclic) bond motifs is 1. The summed E-state index contributed by atoms with van der Waals surface area (Å²) in [4.78, 5) is 28.4. The van der Waals surface area contributed by atoms with E-state index in [0.29, 0.717) is 11.7 Å². The third-order valence-corrected chi connectivity index (χ3v) is 6.23. The Morgan fingerprint density at radius 3 is 2.62 bits per heavy atom. The highest BCUT2D eigenvalue weighted by molar-refractivity contribution is 6.56. The van der Waals surface area contributed by atoms with E-state index in [2.05, 4.69) is 60.9 Å². The standard InChI is InChI=1S/C22H26B3N7O2/c1-31-4-2-13(3-5-31)21-29-18(12-34-21)20(33)30-19-7-14-6-17(26-8-15(14)9-27-19)16-10-28-32(11-16)22(23,24)25/h6-13H,2-5,23-25H2,1H3,(H,27,30,33). The molecule has 4 aromatic rings. The van der Waals surface area contributed by atoms with E-state index in [1.54, 1.807) is 12.4 Å². The van der Waals surface area contributed by atoms with E-state index >= 15 is 0 Å². The summed E-state index contributed by atoms with van der Waals surface area (Å²) >= 11 is 0. The van der Waals surface area contributed by atoms with Crippen molar-refractivity contribution in [3.63, 3.8) is 0 Å². The van der Waals surface area contributed by atoms with Crippen molar-refractivity contribution < 1.29 is 9.21 Å². The van der Waals surface area contributed by atoms with Gasteiger partial charge in [-0.15, -0.1) is 0 Å². The molecule has 0 saturated carbocycles. The fourth-order valence-corrected chi connectivity index (χ4v) is 4.10. The lowest BCUT2D eigenvalue weighted by Crippen LogP contribution is -2.35. The highest BCUT2D eigenvalue weighted by atomic mass is 16.3. The molecule has 1 N–H and O–H groups in total. The van der Waals surface area contributed by atoms with Crippen LogP contribution in [-0.4, -0.2) is 79.2 Å². The molecule has 1 aliphatic rings. The van der Waals surface area contributed by atoms with Crippen LogP contribution in [0.25, 0.3) is 22.0 Å². The first-order valence-electron chi connectivity index (χ1n) is 11.5. The van der Waals surface area contributed by atoms with E-state index in [1.807, 2.05) is 29.2 Å². The van der Waals surface area contributed by atoms with E-state index in [-0.39, 0.29) is 22.8 Å². The van der Waals surface area contributed by atoms with E-state index in [4.69, 9.17) is 4.42 Å². The number of hydrogen-bond acceptors (Lipinski definition) is 7. The van der Waals surface area contributed by atoms with E-state index in [0.717, 1.165) is 48.0 Å². The van der Waals surface area contributed by atoms with Gasteiger partial charge in [0.05, 0.1) is 11.9 Å². The number of carbonyl (C=O) groups excluding carboxylic acids is 1. The van der Waals surface area contributed by atoms with Gasteiger partial charge in [0.1, 0.15) is 35.6 Å². The lowest BCUT2D eigenvalue weighted by Gasteiger charge is -2.26. The average Bonchev–Trinajstić information content (AvgIpc) is 3.49. The summed E-state index contributed by atoms with van der Waals surface area (Å²) < 4.78 is 7.55. The van der Waals surface area contributed by atoms with Gasteiger partial charge in [-0.3, -0.25) is 14.5 Å². The quantitative estimate of drug-likeness (QED) is 0.425. The number of nitrogens with zero attached hydrogens (tertiary/aromatic N) is 6. The molecule has 0 spiro atoms. The number of likely N-dealkylation sites (tertiary alicyclic amines) is 1. The fraction of sp³-hybridized carbons (Fsp3) is 0.318. The van der Waals surface area contributed by atoms with Crippen LogP contribution in [0.15, 0.2) is 47.6 Å². The van der Waals surface area contributed by atoms with Crippen LogP contribution in [0.3, 0.4) is 0 Å². The van der Waals surface area contributed by atoms with Gasteiger partial charge in [-0.2, -0.15) is 5.10 Å². The number of pyridine rings is 2. The Balaban J connectivity index is 1.33. The van der Waals surface area contributed by atoms with E-state index in [9.17, 15) is 4.79 Å². The molecule has 0 atom stereocenters. The number of hydrogen-bond donors (Lipinski definition) is 1. The van der Waals surface area contributed by atoms with Gasteiger partial charge in [-0.05, 0) is 55.7 Å². The van der Waals surface area contributed by atoms with Crippen LogP contribution in [0.2, 0.25) is 0 Å². The van der Waals surface area contributed by atoms with Crippen LogP contribution < -0.4 is 5.32 Å². The molecule has 0 bridgehead atoms. The number of nitrogens with one attached hydrogen (secondary N) is 1. The van der Waals surface area contributed by atoms with Crippen LogP contribution >= 0.6 is 0 Å². The largest absolute Gasteiger partial charge is 0.448 e. The molecule has 12 heteroatoms. The van der Waals surface area contributed by atoms with Gasteiger partial charge in [0.2, 0.25) is 0 Å². The van der Waals surface area contributed by atoms with Crippen molar-refractivity contribution in [1.29, 1.82) is 0 Å². The van der Waals surface area contributed by atoms with Crippen LogP contribution in [0.5, 0.6) is 0 Å². The molecule has 5 rings (SSSR count). The number of piperidine rings is 1. The second-order valence-electron chi connectivity index (χ2n) is 9.93. The predicted molar refractivity (Wildman–Crippen MR) is 138 cm³/mol. The topological polar surface area (TPSA) is 102 Å². The summed E-state index contributed by atoms with van der Waals surface area (Å²) in [6.45, 7) is 2.01. The van der Waals surface area contributed by atoms with Crippen LogP contribution in [0, 0.1) is 0 Å². The second kappa shape index (κ2) is 8.75. The number of amides is 1. The van der Waals surface area contributed by atoms with E-state index < -0.39 is 0 Å². The van der Waals surface area contributed by atoms with E-state index in [1.165, 1.54) is 6.26 Å². The number of aromatic nitrogens is 5. The lowest BCUT2D eigenvalue weighted by atomic mass is 9.49. The molecule has 170 valence electrons. The molecule has 1 fully saturated rings. The minimum atomic E-state index is -0.337. The zero-order valence-corrected chi connectivity index (χ0v) is 19.9. The van der Waals surface area contributed by atoms with Crippen molar-refractivity contribution in [1.82, 2.24) is 29.6 Å². The summed E-state index contributed by atoms with van der Waals surface area (Å²) in [5, 5.41) is 9.00. The summed E-state index contributed by atoms with van der Waals surface area (Å²) in [5.74, 6) is 1.00. The van der Waals surface area contributed by atoms with Gasteiger partial charge in [0, 0.05) is 35.5 Å². The minimum absolute atomic E-state index is 0.106. The highest BCUT2D eigenvalue weighted by Crippen LogP contribution is 2.27. The summed E-state index contributed by atoms with van der Waals surface area (Å²) in [6.07, 6.45) is 10.7.